The Morgan fingerprint density at radius 3 is 2.53 bits per heavy atom. The van der Waals surface area contributed by atoms with E-state index in [9.17, 15) is 13.2 Å². The predicted octanol–water partition coefficient (Wildman–Crippen LogP) is 2.66. The Balaban J connectivity index is 1.44. The van der Waals surface area contributed by atoms with E-state index in [0.29, 0.717) is 36.2 Å². The standard InChI is InChI=1S/C22H32N2O5S/c1-16-19-14-18(30(26,27)24-10-4-2-3-5-11-24)6-7-20(19)29-21(16)22(25)23-15-17-8-12-28-13-9-17/h6-7,14,16-17,21H,2-5,8-13,15H2,1H3,(H,23,25). The lowest BCUT2D eigenvalue weighted by molar-refractivity contribution is -0.128. The van der Waals surface area contributed by atoms with Crippen LogP contribution in [0.4, 0.5) is 0 Å². The zero-order valence-corrected chi connectivity index (χ0v) is 18.5. The van der Waals surface area contributed by atoms with Crippen LogP contribution in [0.5, 0.6) is 5.75 Å². The number of rotatable bonds is 5. The summed E-state index contributed by atoms with van der Waals surface area (Å²) in [5.74, 6) is 0.701. The molecule has 7 nitrogen and oxygen atoms in total. The van der Waals surface area contributed by atoms with E-state index in [0.717, 1.165) is 57.3 Å². The third-order valence-corrected chi connectivity index (χ3v) is 8.44. The number of amides is 1. The summed E-state index contributed by atoms with van der Waals surface area (Å²) in [6.07, 6.45) is 5.24. The van der Waals surface area contributed by atoms with E-state index in [1.165, 1.54) is 0 Å². The first-order valence-electron chi connectivity index (χ1n) is 11.1. The van der Waals surface area contributed by atoms with Crippen molar-refractivity contribution in [2.75, 3.05) is 32.8 Å². The molecule has 4 rings (SSSR count). The van der Waals surface area contributed by atoms with E-state index in [-0.39, 0.29) is 11.8 Å². The Hall–Kier alpha value is -1.64. The predicted molar refractivity (Wildman–Crippen MR) is 113 cm³/mol. The summed E-state index contributed by atoms with van der Waals surface area (Å²) >= 11 is 0. The van der Waals surface area contributed by atoms with Crippen LogP contribution in [0.25, 0.3) is 0 Å². The summed E-state index contributed by atoms with van der Waals surface area (Å²) in [4.78, 5) is 13.0. The number of sulfonamides is 1. The molecule has 3 heterocycles. The van der Waals surface area contributed by atoms with Crippen LogP contribution in [0.15, 0.2) is 23.1 Å². The van der Waals surface area contributed by atoms with Crippen LogP contribution in [0.2, 0.25) is 0 Å². The lowest BCUT2D eigenvalue weighted by Crippen LogP contribution is -2.41. The number of carbonyl (C=O) groups excluding carboxylic acids is 1. The fourth-order valence-corrected chi connectivity index (χ4v) is 6.11. The lowest BCUT2D eigenvalue weighted by atomic mass is 9.96. The topological polar surface area (TPSA) is 84.9 Å². The van der Waals surface area contributed by atoms with E-state index in [2.05, 4.69) is 5.32 Å². The molecule has 0 saturated carbocycles. The van der Waals surface area contributed by atoms with Crippen LogP contribution in [0.1, 0.15) is 56.9 Å². The van der Waals surface area contributed by atoms with Crippen molar-refractivity contribution >= 4 is 15.9 Å². The van der Waals surface area contributed by atoms with Gasteiger partial charge in [-0.3, -0.25) is 4.79 Å². The normalized spacial score (nSPS) is 25.9. The summed E-state index contributed by atoms with van der Waals surface area (Å²) in [5, 5.41) is 3.02. The van der Waals surface area contributed by atoms with Gasteiger partial charge in [-0.25, -0.2) is 8.42 Å². The van der Waals surface area contributed by atoms with Crippen molar-refractivity contribution in [3.63, 3.8) is 0 Å². The van der Waals surface area contributed by atoms with Gasteiger partial charge in [-0.15, -0.1) is 0 Å². The molecule has 0 spiro atoms. The van der Waals surface area contributed by atoms with Crippen LogP contribution >= 0.6 is 0 Å². The van der Waals surface area contributed by atoms with Gasteiger partial charge in [0.05, 0.1) is 4.90 Å². The Morgan fingerprint density at radius 1 is 1.13 bits per heavy atom. The molecule has 0 bridgehead atoms. The van der Waals surface area contributed by atoms with E-state index < -0.39 is 16.1 Å². The Morgan fingerprint density at radius 2 is 1.83 bits per heavy atom. The lowest BCUT2D eigenvalue weighted by Gasteiger charge is -2.23. The Labute approximate surface area is 179 Å². The molecule has 3 aliphatic rings. The minimum absolute atomic E-state index is 0.137. The molecule has 30 heavy (non-hydrogen) atoms. The van der Waals surface area contributed by atoms with Crippen LogP contribution in [-0.2, 0) is 19.6 Å². The molecule has 8 heteroatoms. The monoisotopic (exact) mass is 436 g/mol. The van der Waals surface area contributed by atoms with E-state index in [1.807, 2.05) is 6.92 Å². The summed E-state index contributed by atoms with van der Waals surface area (Å²) in [6.45, 7) is 5.19. The first-order valence-corrected chi connectivity index (χ1v) is 12.6. The van der Waals surface area contributed by atoms with Crippen LogP contribution in [0, 0.1) is 5.92 Å². The van der Waals surface area contributed by atoms with Gasteiger partial charge in [-0.2, -0.15) is 4.31 Å². The maximum absolute atomic E-state index is 13.1. The van der Waals surface area contributed by atoms with Gasteiger partial charge in [0.2, 0.25) is 10.0 Å². The highest BCUT2D eigenvalue weighted by Crippen LogP contribution is 2.40. The molecule has 0 aromatic heterocycles. The zero-order valence-electron chi connectivity index (χ0n) is 17.6. The minimum Gasteiger partial charge on any atom is -0.480 e. The number of hydrogen-bond donors (Lipinski definition) is 1. The quantitative estimate of drug-likeness (QED) is 0.767. The first-order chi connectivity index (χ1) is 14.5. The third kappa shape index (κ3) is 4.50. The van der Waals surface area contributed by atoms with Crippen molar-refractivity contribution in [1.82, 2.24) is 9.62 Å². The fourth-order valence-electron chi connectivity index (χ4n) is 4.56. The Kier molecular flexibility index (Phi) is 6.65. The van der Waals surface area contributed by atoms with Gasteiger partial charge in [-0.1, -0.05) is 19.8 Å². The SMILES string of the molecule is CC1c2cc(S(=O)(=O)N3CCCCCC3)ccc2OC1C(=O)NCC1CCOCC1. The van der Waals surface area contributed by atoms with Crippen molar-refractivity contribution in [2.24, 2.45) is 5.92 Å². The maximum Gasteiger partial charge on any atom is 0.261 e. The first kappa shape index (κ1) is 21.6. The summed E-state index contributed by atoms with van der Waals surface area (Å²) < 4.78 is 39.1. The number of ether oxygens (including phenoxy) is 2. The molecule has 3 aliphatic heterocycles. The molecule has 166 valence electrons. The van der Waals surface area contributed by atoms with E-state index in [4.69, 9.17) is 9.47 Å². The van der Waals surface area contributed by atoms with Gasteiger partial charge >= 0.3 is 0 Å². The Bertz CT molecular complexity index is 858. The molecule has 0 radical (unpaired) electrons. The highest BCUT2D eigenvalue weighted by atomic mass is 32.2. The molecule has 1 aromatic carbocycles. The molecular formula is C22H32N2O5S. The molecule has 2 fully saturated rings. The van der Waals surface area contributed by atoms with E-state index >= 15 is 0 Å². The number of carbonyl (C=O) groups is 1. The molecule has 2 atom stereocenters. The second-order valence-corrected chi connectivity index (χ2v) is 10.6. The van der Waals surface area contributed by atoms with Gasteiger partial charge in [0.1, 0.15) is 5.75 Å². The van der Waals surface area contributed by atoms with Crippen molar-refractivity contribution in [2.45, 2.75) is 62.4 Å². The van der Waals surface area contributed by atoms with Gasteiger partial charge in [0.15, 0.2) is 6.10 Å². The molecular weight excluding hydrogens is 404 g/mol. The molecule has 1 amide bonds. The third-order valence-electron chi connectivity index (χ3n) is 6.55. The van der Waals surface area contributed by atoms with E-state index in [1.54, 1.807) is 22.5 Å². The number of hydrogen-bond acceptors (Lipinski definition) is 5. The van der Waals surface area contributed by atoms with Crippen molar-refractivity contribution in [1.29, 1.82) is 0 Å². The number of nitrogens with zero attached hydrogens (tertiary/aromatic N) is 1. The van der Waals surface area contributed by atoms with Gasteiger partial charge in [0, 0.05) is 44.3 Å². The smallest absolute Gasteiger partial charge is 0.261 e. The molecule has 2 unspecified atom stereocenters. The highest BCUT2D eigenvalue weighted by molar-refractivity contribution is 7.89. The number of nitrogens with one attached hydrogen (secondary N) is 1. The van der Waals surface area contributed by atoms with Crippen molar-refractivity contribution < 1.29 is 22.7 Å². The fraction of sp³-hybridized carbons (Fsp3) is 0.682. The second kappa shape index (κ2) is 9.24. The molecule has 1 N–H and O–H groups in total. The average molecular weight is 437 g/mol. The van der Waals surface area contributed by atoms with Crippen LogP contribution < -0.4 is 10.1 Å². The second-order valence-electron chi connectivity index (χ2n) is 8.65. The summed E-state index contributed by atoms with van der Waals surface area (Å²) in [7, 11) is -3.53. The minimum atomic E-state index is -3.53. The molecule has 0 aliphatic carbocycles. The zero-order chi connectivity index (χ0) is 21.1. The largest absolute Gasteiger partial charge is 0.480 e. The van der Waals surface area contributed by atoms with Gasteiger partial charge < -0.3 is 14.8 Å². The van der Waals surface area contributed by atoms with Crippen LogP contribution in [-0.4, -0.2) is 57.6 Å². The summed E-state index contributed by atoms with van der Waals surface area (Å²) in [5.41, 5.74) is 0.789. The van der Waals surface area contributed by atoms with Gasteiger partial charge in [0.25, 0.3) is 5.91 Å². The van der Waals surface area contributed by atoms with Crippen LogP contribution in [0.3, 0.4) is 0 Å². The molecule has 1 aromatic rings. The summed E-state index contributed by atoms with van der Waals surface area (Å²) in [6, 6.07) is 5.00. The highest BCUT2D eigenvalue weighted by Gasteiger charge is 2.38. The van der Waals surface area contributed by atoms with Crippen molar-refractivity contribution in [3.8, 4) is 5.75 Å². The average Bonchev–Trinajstić information content (AvgIpc) is 2.93. The van der Waals surface area contributed by atoms with Crippen molar-refractivity contribution in [3.05, 3.63) is 23.8 Å². The maximum atomic E-state index is 13.1. The molecule has 2 saturated heterocycles. The number of benzene rings is 1. The van der Waals surface area contributed by atoms with Gasteiger partial charge in [-0.05, 0) is 49.8 Å². The number of fused-ring (bicyclic) bond motifs is 1.